The number of Topliss-reactive ketones (excluding diaryl/α,β-unsaturated/α-hetero) is 1. The van der Waals surface area contributed by atoms with Crippen molar-refractivity contribution >= 4 is 28.9 Å². The number of H-pyrrole nitrogens is 1. The van der Waals surface area contributed by atoms with Crippen LogP contribution in [0, 0.1) is 0 Å². The number of benzene rings is 3. The van der Waals surface area contributed by atoms with Crippen molar-refractivity contribution in [2.75, 3.05) is 26.2 Å². The van der Waals surface area contributed by atoms with Gasteiger partial charge < -0.3 is 19.5 Å². The van der Waals surface area contributed by atoms with Crippen molar-refractivity contribution in [1.29, 1.82) is 0 Å². The van der Waals surface area contributed by atoms with Gasteiger partial charge in [0.25, 0.3) is 0 Å². The van der Waals surface area contributed by atoms with Crippen molar-refractivity contribution in [1.82, 2.24) is 20.0 Å². The van der Waals surface area contributed by atoms with Crippen molar-refractivity contribution in [2.24, 2.45) is 0 Å². The summed E-state index contributed by atoms with van der Waals surface area (Å²) in [5, 5.41) is 17.5. The number of piperazine rings is 1. The second-order valence-corrected chi connectivity index (χ2v) is 9.33. The minimum absolute atomic E-state index is 0.203. The molecule has 192 valence electrons. The van der Waals surface area contributed by atoms with Gasteiger partial charge in [-0.1, -0.05) is 48.5 Å². The van der Waals surface area contributed by atoms with Crippen LogP contribution in [0.15, 0.2) is 72.5 Å². The summed E-state index contributed by atoms with van der Waals surface area (Å²) in [5.41, 5.74) is 3.77. The van der Waals surface area contributed by atoms with Crippen LogP contribution in [0.4, 0.5) is 4.79 Å². The Morgan fingerprint density at radius 2 is 1.79 bits per heavy atom. The number of carbonyl (C=O) groups is 2. The maximum Gasteiger partial charge on any atom is 0.407 e. The fourth-order valence-electron chi connectivity index (χ4n) is 4.85. The number of allylic oxidation sites excluding steroid dienone is 1. The summed E-state index contributed by atoms with van der Waals surface area (Å²) in [6.45, 7) is 2.82. The molecule has 6 rings (SSSR count). The molecule has 3 aromatic carbocycles. The van der Waals surface area contributed by atoms with Crippen molar-refractivity contribution in [3.05, 3.63) is 94.9 Å². The lowest BCUT2D eigenvalue weighted by atomic mass is 10.0. The number of carboxylic acid groups (broad SMARTS) is 1. The van der Waals surface area contributed by atoms with Gasteiger partial charge in [0.05, 0.1) is 22.3 Å². The van der Waals surface area contributed by atoms with Crippen LogP contribution in [0.25, 0.3) is 17.0 Å². The molecule has 2 aliphatic rings. The van der Waals surface area contributed by atoms with Gasteiger partial charge in [0.2, 0.25) is 5.78 Å². The first kappa shape index (κ1) is 23.7. The van der Waals surface area contributed by atoms with Gasteiger partial charge in [0.15, 0.2) is 5.76 Å². The molecule has 0 radical (unpaired) electrons. The molecule has 2 N–H and O–H groups in total. The Balaban J connectivity index is 1.32. The summed E-state index contributed by atoms with van der Waals surface area (Å²) < 4.78 is 12.4. The number of fused-ring (bicyclic) bond motifs is 2. The molecule has 9 nitrogen and oxygen atoms in total. The lowest BCUT2D eigenvalue weighted by Crippen LogP contribution is -2.47. The highest BCUT2D eigenvalue weighted by Gasteiger charge is 2.33. The predicted octanol–water partition coefficient (Wildman–Crippen LogP) is 4.55. The van der Waals surface area contributed by atoms with Gasteiger partial charge in [0.1, 0.15) is 18.1 Å². The fraction of sp³-hybridized carbons (Fsp3) is 0.207. The predicted molar refractivity (Wildman–Crippen MR) is 141 cm³/mol. The molecule has 0 atom stereocenters. The van der Waals surface area contributed by atoms with Crippen LogP contribution in [-0.2, 0) is 13.2 Å². The normalized spacial score (nSPS) is 16.6. The molecule has 0 unspecified atom stereocenters. The van der Waals surface area contributed by atoms with E-state index >= 15 is 0 Å². The zero-order valence-electron chi connectivity index (χ0n) is 20.6. The van der Waals surface area contributed by atoms with E-state index in [1.165, 1.54) is 4.90 Å². The van der Waals surface area contributed by atoms with E-state index in [1.54, 1.807) is 12.1 Å². The van der Waals surface area contributed by atoms with Crippen LogP contribution < -0.4 is 9.47 Å². The van der Waals surface area contributed by atoms with Crippen molar-refractivity contribution < 1.29 is 24.2 Å². The summed E-state index contributed by atoms with van der Waals surface area (Å²) in [4.78, 5) is 28.3. The first-order valence-corrected chi connectivity index (χ1v) is 12.5. The number of ether oxygens (including phenoxy) is 2. The van der Waals surface area contributed by atoms with E-state index in [1.807, 2.05) is 60.7 Å². The van der Waals surface area contributed by atoms with Gasteiger partial charge in [-0.2, -0.15) is 5.10 Å². The monoisotopic (exact) mass is 510 g/mol. The van der Waals surface area contributed by atoms with Gasteiger partial charge in [-0.25, -0.2) is 4.79 Å². The van der Waals surface area contributed by atoms with E-state index in [0.29, 0.717) is 62.1 Å². The number of nitrogens with zero attached hydrogens (tertiary/aromatic N) is 3. The molecule has 0 saturated carbocycles. The van der Waals surface area contributed by atoms with E-state index in [2.05, 4.69) is 15.1 Å². The Morgan fingerprint density at radius 3 is 2.58 bits per heavy atom. The second kappa shape index (κ2) is 10.0. The van der Waals surface area contributed by atoms with Gasteiger partial charge in [-0.15, -0.1) is 0 Å². The van der Waals surface area contributed by atoms with Crippen LogP contribution in [0.2, 0.25) is 0 Å². The van der Waals surface area contributed by atoms with E-state index in [0.717, 1.165) is 22.0 Å². The molecule has 3 heterocycles. The van der Waals surface area contributed by atoms with Crippen LogP contribution >= 0.6 is 0 Å². The van der Waals surface area contributed by atoms with Crippen LogP contribution in [-0.4, -0.2) is 63.2 Å². The zero-order valence-corrected chi connectivity index (χ0v) is 20.6. The highest BCUT2D eigenvalue weighted by Crippen LogP contribution is 2.41. The van der Waals surface area contributed by atoms with Gasteiger partial charge in [-0.05, 0) is 23.8 Å². The van der Waals surface area contributed by atoms with E-state index in [9.17, 15) is 14.7 Å². The molecular formula is C29H26N4O5. The summed E-state index contributed by atoms with van der Waals surface area (Å²) in [6.07, 6.45) is 0.757. The first-order valence-electron chi connectivity index (χ1n) is 12.5. The largest absolute Gasteiger partial charge is 0.488 e. The molecule has 1 fully saturated rings. The Morgan fingerprint density at radius 1 is 1.03 bits per heavy atom. The number of aromatic amines is 1. The number of carbonyl (C=O) groups excluding carboxylic acids is 1. The van der Waals surface area contributed by atoms with E-state index in [-0.39, 0.29) is 11.5 Å². The van der Waals surface area contributed by atoms with Gasteiger partial charge in [0, 0.05) is 44.2 Å². The van der Waals surface area contributed by atoms with E-state index < -0.39 is 6.09 Å². The van der Waals surface area contributed by atoms with Crippen LogP contribution in [0.1, 0.15) is 27.2 Å². The Bertz CT molecular complexity index is 1540. The highest BCUT2D eigenvalue weighted by molar-refractivity contribution is 6.15. The van der Waals surface area contributed by atoms with Crippen LogP contribution in [0.5, 0.6) is 11.5 Å². The molecule has 1 aromatic heterocycles. The number of rotatable bonds is 6. The molecular weight excluding hydrogens is 484 g/mol. The quantitative estimate of drug-likeness (QED) is 0.366. The Labute approximate surface area is 218 Å². The topological polar surface area (TPSA) is 108 Å². The number of amides is 1. The zero-order chi connectivity index (χ0) is 26.1. The molecule has 1 saturated heterocycles. The highest BCUT2D eigenvalue weighted by atomic mass is 16.5. The molecule has 0 spiro atoms. The standard InChI is InChI=1S/C29H26N4O5/c34-27-21-10-11-25(37-18-19-6-2-1-3-7-19)22(17-32-12-14-33(15-13-32)29(35)36)28(21)38-26(27)16-24-20-8-4-5-9-23(20)30-31-24/h1-11,16H,12-15,17-18H2,(H,30,31)(H,35,36). The molecule has 2 aliphatic heterocycles. The fourth-order valence-corrected chi connectivity index (χ4v) is 4.85. The third-order valence-electron chi connectivity index (χ3n) is 6.93. The minimum Gasteiger partial charge on any atom is -0.488 e. The average Bonchev–Trinajstić information content (AvgIpc) is 3.50. The summed E-state index contributed by atoms with van der Waals surface area (Å²) >= 11 is 0. The molecule has 9 heteroatoms. The number of hydrogen-bond donors (Lipinski definition) is 2. The average molecular weight is 511 g/mol. The van der Waals surface area contributed by atoms with Gasteiger partial charge >= 0.3 is 6.09 Å². The third-order valence-corrected chi connectivity index (χ3v) is 6.93. The number of aromatic nitrogens is 2. The maximum atomic E-state index is 13.4. The molecule has 38 heavy (non-hydrogen) atoms. The summed E-state index contributed by atoms with van der Waals surface area (Å²) in [7, 11) is 0. The molecule has 4 aromatic rings. The Kier molecular flexibility index (Phi) is 6.27. The van der Waals surface area contributed by atoms with Crippen molar-refractivity contribution in [2.45, 2.75) is 13.2 Å². The second-order valence-electron chi connectivity index (χ2n) is 9.33. The first-order chi connectivity index (χ1) is 18.6. The lowest BCUT2D eigenvalue weighted by Gasteiger charge is -2.33. The summed E-state index contributed by atoms with van der Waals surface area (Å²) in [6, 6.07) is 21.1. The van der Waals surface area contributed by atoms with Crippen molar-refractivity contribution in [3.8, 4) is 11.5 Å². The molecule has 0 bridgehead atoms. The van der Waals surface area contributed by atoms with E-state index in [4.69, 9.17) is 9.47 Å². The number of hydrogen-bond acceptors (Lipinski definition) is 6. The molecule has 1 amide bonds. The summed E-state index contributed by atoms with van der Waals surface area (Å²) in [5.74, 6) is 1.10. The SMILES string of the molecule is O=C1C(=Cc2n[nH]c3ccccc23)Oc2c1ccc(OCc1ccccc1)c2CN1CCN(C(=O)O)CC1. The Hall–Kier alpha value is -4.63. The molecule has 0 aliphatic carbocycles. The van der Waals surface area contributed by atoms with Crippen molar-refractivity contribution in [3.63, 3.8) is 0 Å². The smallest absolute Gasteiger partial charge is 0.407 e. The number of nitrogens with one attached hydrogen (secondary N) is 1. The number of ketones is 1. The van der Waals surface area contributed by atoms with Gasteiger partial charge in [-0.3, -0.25) is 14.8 Å². The maximum absolute atomic E-state index is 13.4. The lowest BCUT2D eigenvalue weighted by molar-refractivity contribution is 0.101. The third kappa shape index (κ3) is 4.59. The minimum atomic E-state index is -0.910. The number of para-hydroxylation sites is 1. The van der Waals surface area contributed by atoms with Crippen LogP contribution in [0.3, 0.4) is 0 Å².